The number of carbonyl (C=O) groups is 2. The summed E-state index contributed by atoms with van der Waals surface area (Å²) in [6.07, 6.45) is 1.01. The molecule has 0 aromatic heterocycles. The summed E-state index contributed by atoms with van der Waals surface area (Å²) in [5, 5.41) is 0. The monoisotopic (exact) mass is 317 g/mol. The van der Waals surface area contributed by atoms with Gasteiger partial charge >= 0.3 is 11.9 Å². The van der Waals surface area contributed by atoms with Crippen LogP contribution < -0.4 is 0 Å². The zero-order chi connectivity index (χ0) is 16.6. The van der Waals surface area contributed by atoms with Crippen molar-refractivity contribution in [1.82, 2.24) is 4.90 Å². The number of hydrogen-bond acceptors (Lipinski definition) is 7. The minimum absolute atomic E-state index is 0.0721. The molecule has 1 atom stereocenters. The van der Waals surface area contributed by atoms with Gasteiger partial charge in [0.2, 0.25) is 5.91 Å². The summed E-state index contributed by atoms with van der Waals surface area (Å²) in [6, 6.07) is -0.567. The third-order valence-corrected chi connectivity index (χ3v) is 3.45. The van der Waals surface area contributed by atoms with Gasteiger partial charge in [-0.1, -0.05) is 0 Å². The van der Waals surface area contributed by atoms with Gasteiger partial charge in [0.15, 0.2) is 0 Å². The standard InChI is InChI=1S/C15H27NO6/c1-5-19-13(17)11-16-12(14(18)20-6-2)9-10-15(16,21-7-3)22-8-4/h12H,5-11H2,1-4H3/t12-/m0/s1. The van der Waals surface area contributed by atoms with E-state index in [4.69, 9.17) is 18.9 Å². The molecule has 1 aliphatic rings. The summed E-state index contributed by atoms with van der Waals surface area (Å²) in [5.41, 5.74) is 0. The fraction of sp³-hybridized carbons (Fsp3) is 0.867. The molecule has 1 saturated heterocycles. The van der Waals surface area contributed by atoms with Crippen molar-refractivity contribution in [2.24, 2.45) is 0 Å². The second-order valence-electron chi connectivity index (χ2n) is 4.82. The van der Waals surface area contributed by atoms with Gasteiger partial charge in [-0.05, 0) is 34.1 Å². The molecular formula is C15H27NO6. The molecule has 0 radical (unpaired) electrons. The molecule has 0 unspecified atom stereocenters. The predicted molar refractivity (Wildman–Crippen MR) is 79.0 cm³/mol. The van der Waals surface area contributed by atoms with E-state index in [-0.39, 0.29) is 19.1 Å². The van der Waals surface area contributed by atoms with Crippen molar-refractivity contribution in [2.75, 3.05) is 33.0 Å². The molecular weight excluding hydrogens is 290 g/mol. The van der Waals surface area contributed by atoms with E-state index < -0.39 is 17.9 Å². The second-order valence-corrected chi connectivity index (χ2v) is 4.82. The van der Waals surface area contributed by atoms with Gasteiger partial charge in [-0.3, -0.25) is 9.59 Å². The fourth-order valence-electron chi connectivity index (χ4n) is 2.72. The number of ether oxygens (including phenoxy) is 4. The summed E-state index contributed by atoms with van der Waals surface area (Å²) in [5.74, 6) is -1.86. The first-order valence-electron chi connectivity index (χ1n) is 7.91. The molecule has 0 spiro atoms. The van der Waals surface area contributed by atoms with Gasteiger partial charge in [0, 0.05) is 19.6 Å². The Morgan fingerprint density at radius 2 is 1.59 bits per heavy atom. The molecule has 1 aliphatic heterocycles. The molecule has 0 aromatic rings. The van der Waals surface area contributed by atoms with E-state index in [1.807, 2.05) is 13.8 Å². The minimum Gasteiger partial charge on any atom is -0.465 e. The molecule has 0 amide bonds. The van der Waals surface area contributed by atoms with Gasteiger partial charge in [-0.15, -0.1) is 0 Å². The molecule has 0 aromatic carbocycles. The van der Waals surface area contributed by atoms with E-state index in [2.05, 4.69) is 0 Å². The van der Waals surface area contributed by atoms with Gasteiger partial charge in [0.05, 0.1) is 13.2 Å². The van der Waals surface area contributed by atoms with Crippen molar-refractivity contribution in [2.45, 2.75) is 52.5 Å². The SMILES string of the molecule is CCOC(=O)CN1[C@H](C(=O)OCC)CCC1(OCC)OCC. The van der Waals surface area contributed by atoms with Crippen molar-refractivity contribution in [3.8, 4) is 0 Å². The highest BCUT2D eigenvalue weighted by atomic mass is 16.7. The van der Waals surface area contributed by atoms with Crippen LogP contribution in [0.4, 0.5) is 0 Å². The van der Waals surface area contributed by atoms with E-state index in [0.717, 1.165) is 0 Å². The van der Waals surface area contributed by atoms with Crippen molar-refractivity contribution in [1.29, 1.82) is 0 Å². The molecule has 1 fully saturated rings. The number of esters is 2. The van der Waals surface area contributed by atoms with Gasteiger partial charge in [-0.2, -0.15) is 0 Å². The molecule has 0 N–H and O–H groups in total. The quantitative estimate of drug-likeness (QED) is 0.469. The lowest BCUT2D eigenvalue weighted by Gasteiger charge is -2.38. The number of likely N-dealkylation sites (tertiary alicyclic amines) is 1. The zero-order valence-electron chi connectivity index (χ0n) is 13.9. The molecule has 1 heterocycles. The maximum atomic E-state index is 12.2. The van der Waals surface area contributed by atoms with Gasteiger partial charge in [0.25, 0.3) is 0 Å². The Kier molecular flexibility index (Phi) is 7.78. The Morgan fingerprint density at radius 1 is 1.00 bits per heavy atom. The molecule has 7 nitrogen and oxygen atoms in total. The van der Waals surface area contributed by atoms with Crippen LogP contribution in [0.5, 0.6) is 0 Å². The average molecular weight is 317 g/mol. The third-order valence-electron chi connectivity index (χ3n) is 3.45. The lowest BCUT2D eigenvalue weighted by Crippen LogP contribution is -2.55. The molecule has 7 heteroatoms. The minimum atomic E-state index is -1.08. The fourth-order valence-corrected chi connectivity index (χ4v) is 2.72. The molecule has 0 bridgehead atoms. The van der Waals surface area contributed by atoms with Crippen LogP contribution >= 0.6 is 0 Å². The van der Waals surface area contributed by atoms with Crippen LogP contribution in [0, 0.1) is 0 Å². The van der Waals surface area contributed by atoms with Crippen LogP contribution in [-0.2, 0) is 28.5 Å². The van der Waals surface area contributed by atoms with Gasteiger partial charge in [0.1, 0.15) is 12.6 Å². The number of hydrogen-bond donors (Lipinski definition) is 0. The van der Waals surface area contributed by atoms with Gasteiger partial charge < -0.3 is 18.9 Å². The highest BCUT2D eigenvalue weighted by molar-refractivity contribution is 5.78. The number of nitrogens with zero attached hydrogens (tertiary/aromatic N) is 1. The third kappa shape index (κ3) is 4.41. The summed E-state index contributed by atoms with van der Waals surface area (Å²) < 4.78 is 21.6. The zero-order valence-corrected chi connectivity index (χ0v) is 13.9. The van der Waals surface area contributed by atoms with E-state index in [1.165, 1.54) is 0 Å². The van der Waals surface area contributed by atoms with Crippen molar-refractivity contribution < 1.29 is 28.5 Å². The largest absolute Gasteiger partial charge is 0.465 e. The highest BCUT2D eigenvalue weighted by Crippen LogP contribution is 2.36. The van der Waals surface area contributed by atoms with Crippen LogP contribution in [0.3, 0.4) is 0 Å². The maximum Gasteiger partial charge on any atom is 0.323 e. The topological polar surface area (TPSA) is 74.3 Å². The summed E-state index contributed by atoms with van der Waals surface area (Å²) >= 11 is 0. The van der Waals surface area contributed by atoms with E-state index in [0.29, 0.717) is 32.7 Å². The Morgan fingerprint density at radius 3 is 2.09 bits per heavy atom. The van der Waals surface area contributed by atoms with Crippen LogP contribution in [0.2, 0.25) is 0 Å². The number of rotatable bonds is 9. The Bertz CT molecular complexity index is 367. The molecule has 0 saturated carbocycles. The van der Waals surface area contributed by atoms with Crippen LogP contribution in [0.15, 0.2) is 0 Å². The lowest BCUT2D eigenvalue weighted by atomic mass is 10.2. The molecule has 128 valence electrons. The summed E-state index contributed by atoms with van der Waals surface area (Å²) in [4.78, 5) is 25.7. The van der Waals surface area contributed by atoms with Crippen LogP contribution in [0.25, 0.3) is 0 Å². The summed E-state index contributed by atoms with van der Waals surface area (Å²) in [7, 11) is 0. The normalized spacial score (nSPS) is 20.8. The van der Waals surface area contributed by atoms with E-state index in [9.17, 15) is 9.59 Å². The first kappa shape index (κ1) is 18.9. The van der Waals surface area contributed by atoms with Crippen molar-refractivity contribution in [3.63, 3.8) is 0 Å². The number of carbonyl (C=O) groups excluding carboxylic acids is 2. The average Bonchev–Trinajstić information content (AvgIpc) is 2.79. The van der Waals surface area contributed by atoms with E-state index in [1.54, 1.807) is 18.7 Å². The van der Waals surface area contributed by atoms with Crippen molar-refractivity contribution >= 4 is 11.9 Å². The Hall–Kier alpha value is -1.18. The lowest BCUT2D eigenvalue weighted by molar-refractivity contribution is -0.304. The smallest absolute Gasteiger partial charge is 0.323 e. The second kappa shape index (κ2) is 9.07. The molecule has 1 rings (SSSR count). The van der Waals surface area contributed by atoms with E-state index >= 15 is 0 Å². The maximum absolute atomic E-state index is 12.2. The van der Waals surface area contributed by atoms with Gasteiger partial charge in [-0.25, -0.2) is 4.90 Å². The molecule has 0 aliphatic carbocycles. The predicted octanol–water partition coefficient (Wildman–Crippen LogP) is 1.30. The van der Waals surface area contributed by atoms with Crippen molar-refractivity contribution in [3.05, 3.63) is 0 Å². The summed E-state index contributed by atoms with van der Waals surface area (Å²) in [6.45, 7) is 8.51. The Labute approximate surface area is 131 Å². The molecule has 22 heavy (non-hydrogen) atoms. The van der Waals surface area contributed by atoms with Crippen LogP contribution in [-0.4, -0.2) is 61.8 Å². The first-order chi connectivity index (χ1) is 10.5. The Balaban J connectivity index is 2.99. The first-order valence-corrected chi connectivity index (χ1v) is 7.91. The highest BCUT2D eigenvalue weighted by Gasteiger charge is 2.52. The van der Waals surface area contributed by atoms with Crippen LogP contribution in [0.1, 0.15) is 40.5 Å².